The molecule has 2 aromatic carbocycles. The van der Waals surface area contributed by atoms with Crippen LogP contribution in [0.15, 0.2) is 40.9 Å². The third-order valence-electron chi connectivity index (χ3n) is 3.29. The van der Waals surface area contributed by atoms with Crippen molar-refractivity contribution in [3.8, 4) is 5.75 Å². The normalized spacial score (nSPS) is 12.2. The monoisotopic (exact) mass is 445 g/mol. The van der Waals surface area contributed by atoms with E-state index < -0.39 is 0 Å². The van der Waals surface area contributed by atoms with Crippen molar-refractivity contribution >= 4 is 44.2 Å². The maximum Gasteiger partial charge on any atom is 0.120 e. The van der Waals surface area contributed by atoms with Gasteiger partial charge in [0.15, 0.2) is 0 Å². The van der Waals surface area contributed by atoms with Gasteiger partial charge in [0, 0.05) is 19.3 Å². The molecule has 0 saturated heterocycles. The molecule has 1 unspecified atom stereocenters. The number of hydrogen-bond donors (Lipinski definition) is 2. The Morgan fingerprint density at radius 2 is 2.00 bits per heavy atom. The van der Waals surface area contributed by atoms with Crippen LogP contribution in [0.4, 0.5) is 5.69 Å². The van der Waals surface area contributed by atoms with Gasteiger partial charge >= 0.3 is 0 Å². The first-order valence-corrected chi connectivity index (χ1v) is 8.39. The third-order valence-corrected chi connectivity index (χ3v) is 4.94. The number of halogens is 2. The van der Waals surface area contributed by atoms with Gasteiger partial charge in [0.05, 0.1) is 6.04 Å². The van der Waals surface area contributed by atoms with E-state index >= 15 is 0 Å². The van der Waals surface area contributed by atoms with Gasteiger partial charge in [-0.25, -0.2) is 0 Å². The molecule has 2 rings (SSSR count). The molecule has 0 bridgehead atoms. The van der Waals surface area contributed by atoms with Crippen LogP contribution in [0.3, 0.4) is 0 Å². The van der Waals surface area contributed by atoms with E-state index in [1.807, 2.05) is 12.1 Å². The van der Waals surface area contributed by atoms with Gasteiger partial charge in [-0.2, -0.15) is 0 Å². The van der Waals surface area contributed by atoms with Gasteiger partial charge in [-0.3, -0.25) is 0 Å². The second kappa shape index (κ2) is 6.80. The van der Waals surface area contributed by atoms with Crippen LogP contribution in [-0.4, -0.2) is 5.11 Å². The number of phenolic OH excluding ortho intramolecular Hbond substituents is 1. The Bertz CT molecular complexity index is 615. The highest BCUT2D eigenvalue weighted by Gasteiger charge is 2.14. The maximum atomic E-state index is 10.1. The molecule has 0 saturated carbocycles. The van der Waals surface area contributed by atoms with Crippen LogP contribution < -0.4 is 5.32 Å². The lowest BCUT2D eigenvalue weighted by Crippen LogP contribution is -2.10. The number of phenols is 1. The second-order valence-corrected chi connectivity index (χ2v) is 6.85. The first-order valence-electron chi connectivity index (χ1n) is 6.52. The second-order valence-electron chi connectivity index (χ2n) is 4.77. The van der Waals surface area contributed by atoms with Crippen molar-refractivity contribution in [3.05, 3.63) is 55.6 Å². The average Bonchev–Trinajstić information content (AvgIpc) is 2.43. The zero-order chi connectivity index (χ0) is 14.7. The molecule has 0 heterocycles. The lowest BCUT2D eigenvalue weighted by atomic mass is 10.0. The molecule has 0 aromatic heterocycles. The summed E-state index contributed by atoms with van der Waals surface area (Å²) >= 11 is 5.80. The van der Waals surface area contributed by atoms with Crippen LogP contribution in [0.1, 0.15) is 30.5 Å². The first-order chi connectivity index (χ1) is 9.51. The van der Waals surface area contributed by atoms with E-state index in [0.29, 0.717) is 5.75 Å². The number of nitrogens with one attached hydrogen (secondary N) is 1. The summed E-state index contributed by atoms with van der Waals surface area (Å²) in [6.07, 6.45) is 0.897. The van der Waals surface area contributed by atoms with E-state index in [1.54, 1.807) is 6.07 Å². The molecule has 2 aromatic rings. The molecule has 0 aliphatic rings. The molecule has 2 N–H and O–H groups in total. The fraction of sp³-hybridized carbons (Fsp3) is 0.250. The molecular formula is C16H17BrINO. The predicted molar refractivity (Wildman–Crippen MR) is 96.4 cm³/mol. The van der Waals surface area contributed by atoms with Gasteiger partial charge < -0.3 is 10.4 Å². The predicted octanol–water partition coefficient (Wildman–Crippen LogP) is 5.63. The Hall–Kier alpha value is -0.750. The Morgan fingerprint density at radius 1 is 1.25 bits per heavy atom. The smallest absolute Gasteiger partial charge is 0.120 e. The molecule has 0 fully saturated rings. The molecule has 106 valence electrons. The van der Waals surface area contributed by atoms with Crippen molar-refractivity contribution in [2.24, 2.45) is 0 Å². The van der Waals surface area contributed by atoms with Crippen molar-refractivity contribution < 1.29 is 5.11 Å². The van der Waals surface area contributed by atoms with Crippen molar-refractivity contribution in [2.75, 3.05) is 5.32 Å². The Balaban J connectivity index is 2.28. The van der Waals surface area contributed by atoms with E-state index in [4.69, 9.17) is 0 Å². The first kappa shape index (κ1) is 15.6. The number of anilines is 1. The van der Waals surface area contributed by atoms with Gasteiger partial charge in [0.2, 0.25) is 0 Å². The van der Waals surface area contributed by atoms with Crippen LogP contribution >= 0.6 is 38.5 Å². The Kier molecular flexibility index (Phi) is 5.32. The highest BCUT2D eigenvalue weighted by molar-refractivity contribution is 14.1. The Labute approximate surface area is 141 Å². The average molecular weight is 446 g/mol. The van der Waals surface area contributed by atoms with Crippen LogP contribution in [-0.2, 0) is 0 Å². The highest BCUT2D eigenvalue weighted by atomic mass is 127. The van der Waals surface area contributed by atoms with Gasteiger partial charge in [0.1, 0.15) is 5.75 Å². The van der Waals surface area contributed by atoms with Crippen LogP contribution in [0, 0.1) is 10.5 Å². The number of benzene rings is 2. The zero-order valence-electron chi connectivity index (χ0n) is 11.5. The summed E-state index contributed by atoms with van der Waals surface area (Å²) in [6, 6.07) is 11.9. The van der Waals surface area contributed by atoms with E-state index in [2.05, 4.69) is 75.9 Å². The molecular weight excluding hydrogens is 429 g/mol. The van der Waals surface area contributed by atoms with Crippen molar-refractivity contribution in [3.63, 3.8) is 0 Å². The third kappa shape index (κ3) is 3.67. The van der Waals surface area contributed by atoms with Crippen molar-refractivity contribution in [2.45, 2.75) is 26.3 Å². The topological polar surface area (TPSA) is 32.3 Å². The molecule has 4 heteroatoms. The summed E-state index contributed by atoms with van der Waals surface area (Å²) in [7, 11) is 0. The summed E-state index contributed by atoms with van der Waals surface area (Å²) in [5, 5.41) is 13.5. The minimum absolute atomic E-state index is 0.0889. The summed E-state index contributed by atoms with van der Waals surface area (Å²) in [4.78, 5) is 0. The number of rotatable bonds is 4. The molecule has 0 aliphatic heterocycles. The molecule has 0 spiro atoms. The minimum atomic E-state index is 0.0889. The standard InChI is InChI=1S/C16H17BrINO/c1-3-15(13-8-11(17)5-7-16(13)20)19-12-6-4-10(2)14(18)9-12/h4-9,15,19-20H,3H2,1-2H3. The van der Waals surface area contributed by atoms with Gasteiger partial charge in [-0.05, 0) is 71.8 Å². The van der Waals surface area contributed by atoms with Crippen LogP contribution in [0.2, 0.25) is 0 Å². The summed E-state index contributed by atoms with van der Waals surface area (Å²) in [5.74, 6) is 0.328. The highest BCUT2D eigenvalue weighted by Crippen LogP contribution is 2.32. The molecule has 2 nitrogen and oxygen atoms in total. The summed E-state index contributed by atoms with van der Waals surface area (Å²) in [5.41, 5.74) is 3.26. The number of hydrogen-bond acceptors (Lipinski definition) is 2. The fourth-order valence-corrected chi connectivity index (χ4v) is 2.98. The molecule has 1 atom stereocenters. The van der Waals surface area contributed by atoms with E-state index in [0.717, 1.165) is 22.1 Å². The molecule has 0 radical (unpaired) electrons. The fourth-order valence-electron chi connectivity index (χ4n) is 2.09. The lowest BCUT2D eigenvalue weighted by Gasteiger charge is -2.20. The van der Waals surface area contributed by atoms with Crippen molar-refractivity contribution in [1.29, 1.82) is 0 Å². The SMILES string of the molecule is CCC(Nc1ccc(C)c(I)c1)c1cc(Br)ccc1O. The zero-order valence-corrected chi connectivity index (χ0v) is 15.2. The largest absolute Gasteiger partial charge is 0.508 e. The Morgan fingerprint density at radius 3 is 2.65 bits per heavy atom. The lowest BCUT2D eigenvalue weighted by molar-refractivity contribution is 0.462. The molecule has 20 heavy (non-hydrogen) atoms. The number of aryl methyl sites for hydroxylation is 1. The quantitative estimate of drug-likeness (QED) is 0.597. The maximum absolute atomic E-state index is 10.1. The molecule has 0 aliphatic carbocycles. The van der Waals surface area contributed by atoms with Gasteiger partial charge in [-0.15, -0.1) is 0 Å². The van der Waals surface area contributed by atoms with Gasteiger partial charge in [0.25, 0.3) is 0 Å². The van der Waals surface area contributed by atoms with E-state index in [1.165, 1.54) is 9.13 Å². The molecule has 0 amide bonds. The van der Waals surface area contributed by atoms with Crippen LogP contribution in [0.5, 0.6) is 5.75 Å². The van der Waals surface area contributed by atoms with E-state index in [-0.39, 0.29) is 6.04 Å². The number of aromatic hydroxyl groups is 1. The van der Waals surface area contributed by atoms with Crippen LogP contribution in [0.25, 0.3) is 0 Å². The summed E-state index contributed by atoms with van der Waals surface area (Å²) in [6.45, 7) is 4.21. The minimum Gasteiger partial charge on any atom is -0.508 e. The van der Waals surface area contributed by atoms with Gasteiger partial charge in [-0.1, -0.05) is 28.9 Å². The summed E-state index contributed by atoms with van der Waals surface area (Å²) < 4.78 is 2.21. The van der Waals surface area contributed by atoms with E-state index in [9.17, 15) is 5.11 Å². The van der Waals surface area contributed by atoms with Crippen molar-refractivity contribution in [1.82, 2.24) is 0 Å².